The first kappa shape index (κ1) is 13.8. The van der Waals surface area contributed by atoms with Gasteiger partial charge in [-0.05, 0) is 18.9 Å². The van der Waals surface area contributed by atoms with Crippen molar-refractivity contribution < 1.29 is 13.5 Å². The number of aliphatic hydroxyl groups is 1. The van der Waals surface area contributed by atoms with Crippen molar-refractivity contribution >= 4 is 21.6 Å². The van der Waals surface area contributed by atoms with Gasteiger partial charge in [0.2, 0.25) is 10.0 Å². The van der Waals surface area contributed by atoms with E-state index in [-0.39, 0.29) is 0 Å². The predicted molar refractivity (Wildman–Crippen MR) is 71.0 cm³/mol. The average molecular weight is 290 g/mol. The van der Waals surface area contributed by atoms with Crippen molar-refractivity contribution in [2.45, 2.75) is 18.4 Å². The first-order chi connectivity index (χ1) is 8.33. The Labute approximate surface area is 112 Å². The summed E-state index contributed by atoms with van der Waals surface area (Å²) in [5.41, 5.74) is -0.348. The largest absolute Gasteiger partial charge is 0.385 e. The van der Waals surface area contributed by atoms with Gasteiger partial charge in [-0.15, -0.1) is 0 Å². The summed E-state index contributed by atoms with van der Waals surface area (Å²) in [7, 11) is -3.18. The Balaban J connectivity index is 2.20. The molecule has 1 aromatic carbocycles. The molecular weight excluding hydrogens is 274 g/mol. The second kappa shape index (κ2) is 4.81. The Morgan fingerprint density at radius 2 is 1.83 bits per heavy atom. The first-order valence-corrected chi connectivity index (χ1v) is 7.98. The van der Waals surface area contributed by atoms with Crippen LogP contribution >= 0.6 is 11.6 Å². The second-order valence-corrected chi connectivity index (χ2v) is 7.06. The molecular formula is C12H16ClNO3S. The van der Waals surface area contributed by atoms with Gasteiger partial charge in [-0.25, -0.2) is 12.7 Å². The molecule has 0 saturated carbocycles. The van der Waals surface area contributed by atoms with Crippen molar-refractivity contribution in [2.24, 2.45) is 0 Å². The molecule has 0 aromatic heterocycles. The lowest BCUT2D eigenvalue weighted by molar-refractivity contribution is -0.00939. The summed E-state index contributed by atoms with van der Waals surface area (Å²) in [6.45, 7) is 0.640. The standard InChI is InChI=1S/C12H16ClNO3S/c1-18(16,17)14-8-6-12(15,7-9-14)10-4-2-3-5-11(10)13/h2-5,15H,6-9H2,1H3. The molecule has 4 nitrogen and oxygen atoms in total. The molecule has 0 unspecified atom stereocenters. The fraction of sp³-hybridized carbons (Fsp3) is 0.500. The highest BCUT2D eigenvalue weighted by molar-refractivity contribution is 7.88. The van der Waals surface area contributed by atoms with Gasteiger partial charge < -0.3 is 5.11 Å². The van der Waals surface area contributed by atoms with Crippen LogP contribution < -0.4 is 0 Å². The van der Waals surface area contributed by atoms with E-state index in [2.05, 4.69) is 0 Å². The van der Waals surface area contributed by atoms with Crippen molar-refractivity contribution in [2.75, 3.05) is 19.3 Å². The Bertz CT molecular complexity index is 536. The fourth-order valence-corrected chi connectivity index (χ4v) is 3.45. The second-order valence-electron chi connectivity index (χ2n) is 4.67. The number of rotatable bonds is 2. The zero-order valence-corrected chi connectivity index (χ0v) is 11.7. The minimum absolute atomic E-state index is 0.320. The van der Waals surface area contributed by atoms with Crippen LogP contribution in [0, 0.1) is 0 Å². The monoisotopic (exact) mass is 289 g/mol. The van der Waals surface area contributed by atoms with E-state index in [9.17, 15) is 13.5 Å². The van der Waals surface area contributed by atoms with E-state index in [0.29, 0.717) is 36.5 Å². The van der Waals surface area contributed by atoms with Crippen molar-refractivity contribution in [3.05, 3.63) is 34.9 Å². The van der Waals surface area contributed by atoms with Gasteiger partial charge in [-0.3, -0.25) is 0 Å². The normalized spacial score (nSPS) is 20.8. The first-order valence-electron chi connectivity index (χ1n) is 5.75. The van der Waals surface area contributed by atoms with Crippen molar-refractivity contribution in [3.63, 3.8) is 0 Å². The van der Waals surface area contributed by atoms with E-state index < -0.39 is 15.6 Å². The summed E-state index contributed by atoms with van der Waals surface area (Å²) >= 11 is 6.08. The molecule has 0 radical (unpaired) electrons. The number of hydrogen-bond donors (Lipinski definition) is 1. The van der Waals surface area contributed by atoms with Crippen LogP contribution in [-0.2, 0) is 15.6 Å². The molecule has 1 aromatic rings. The summed E-state index contributed by atoms with van der Waals surface area (Å²) in [6.07, 6.45) is 1.92. The zero-order chi connectivity index (χ0) is 13.4. The summed E-state index contributed by atoms with van der Waals surface area (Å²) < 4.78 is 24.2. The number of sulfonamides is 1. The number of piperidine rings is 1. The van der Waals surface area contributed by atoms with Crippen LogP contribution in [0.1, 0.15) is 18.4 Å². The molecule has 1 fully saturated rings. The fourth-order valence-electron chi connectivity index (χ4n) is 2.30. The lowest BCUT2D eigenvalue weighted by Gasteiger charge is -2.37. The van der Waals surface area contributed by atoms with Gasteiger partial charge >= 0.3 is 0 Å². The molecule has 0 spiro atoms. The van der Waals surface area contributed by atoms with Crippen molar-refractivity contribution in [3.8, 4) is 0 Å². The zero-order valence-electron chi connectivity index (χ0n) is 10.1. The molecule has 100 valence electrons. The summed E-state index contributed by atoms with van der Waals surface area (Å²) in [5, 5.41) is 11.1. The maximum atomic E-state index is 11.4. The Hall–Kier alpha value is -0.620. The van der Waals surface area contributed by atoms with Crippen LogP contribution in [0.4, 0.5) is 0 Å². The molecule has 2 rings (SSSR count). The third-order valence-electron chi connectivity index (χ3n) is 3.39. The van der Waals surface area contributed by atoms with E-state index in [4.69, 9.17) is 11.6 Å². The number of hydrogen-bond acceptors (Lipinski definition) is 3. The molecule has 18 heavy (non-hydrogen) atoms. The number of benzene rings is 1. The predicted octanol–water partition coefficient (Wildman–Crippen LogP) is 1.58. The molecule has 1 aliphatic heterocycles. The molecule has 6 heteroatoms. The van der Waals surface area contributed by atoms with Gasteiger partial charge in [-0.1, -0.05) is 29.8 Å². The third-order valence-corrected chi connectivity index (χ3v) is 5.03. The van der Waals surface area contributed by atoms with Gasteiger partial charge in [-0.2, -0.15) is 0 Å². The van der Waals surface area contributed by atoms with Gasteiger partial charge in [0.15, 0.2) is 0 Å². The van der Waals surface area contributed by atoms with E-state index in [1.54, 1.807) is 18.2 Å². The van der Waals surface area contributed by atoms with Gasteiger partial charge in [0, 0.05) is 23.7 Å². The Kier molecular flexibility index (Phi) is 3.69. The third kappa shape index (κ3) is 2.69. The highest BCUT2D eigenvalue weighted by atomic mass is 35.5. The van der Waals surface area contributed by atoms with Crippen LogP contribution in [0.15, 0.2) is 24.3 Å². The lowest BCUT2D eigenvalue weighted by Crippen LogP contribution is -2.44. The molecule has 1 aliphatic rings. The summed E-state index contributed by atoms with van der Waals surface area (Å²) in [6, 6.07) is 7.15. The van der Waals surface area contributed by atoms with Crippen LogP contribution in [-0.4, -0.2) is 37.2 Å². The highest BCUT2D eigenvalue weighted by Crippen LogP contribution is 2.37. The van der Waals surface area contributed by atoms with E-state index >= 15 is 0 Å². The van der Waals surface area contributed by atoms with Crippen LogP contribution in [0.3, 0.4) is 0 Å². The minimum atomic E-state index is -3.18. The quantitative estimate of drug-likeness (QED) is 0.899. The Morgan fingerprint density at radius 3 is 2.33 bits per heavy atom. The SMILES string of the molecule is CS(=O)(=O)N1CCC(O)(c2ccccc2Cl)CC1. The van der Waals surface area contributed by atoms with Crippen LogP contribution in [0.5, 0.6) is 0 Å². The van der Waals surface area contributed by atoms with E-state index in [1.807, 2.05) is 6.07 Å². The van der Waals surface area contributed by atoms with Crippen LogP contribution in [0.25, 0.3) is 0 Å². The average Bonchev–Trinajstić information content (AvgIpc) is 2.28. The molecule has 1 saturated heterocycles. The van der Waals surface area contributed by atoms with Crippen molar-refractivity contribution in [1.29, 1.82) is 0 Å². The van der Waals surface area contributed by atoms with Gasteiger partial charge in [0.25, 0.3) is 0 Å². The molecule has 1 N–H and O–H groups in total. The van der Waals surface area contributed by atoms with Crippen molar-refractivity contribution in [1.82, 2.24) is 4.31 Å². The topological polar surface area (TPSA) is 57.6 Å². The van der Waals surface area contributed by atoms with E-state index in [0.717, 1.165) is 0 Å². The number of nitrogens with zero attached hydrogens (tertiary/aromatic N) is 1. The van der Waals surface area contributed by atoms with Crippen LogP contribution in [0.2, 0.25) is 5.02 Å². The van der Waals surface area contributed by atoms with E-state index in [1.165, 1.54) is 10.6 Å². The minimum Gasteiger partial charge on any atom is -0.385 e. The molecule has 0 aliphatic carbocycles. The smallest absolute Gasteiger partial charge is 0.211 e. The summed E-state index contributed by atoms with van der Waals surface area (Å²) in [5.74, 6) is 0. The van der Waals surface area contributed by atoms with Gasteiger partial charge in [0.1, 0.15) is 0 Å². The highest BCUT2D eigenvalue weighted by Gasteiger charge is 2.37. The number of halogens is 1. The lowest BCUT2D eigenvalue weighted by atomic mass is 9.85. The van der Waals surface area contributed by atoms with Gasteiger partial charge in [0.05, 0.1) is 11.9 Å². The molecule has 0 bridgehead atoms. The Morgan fingerprint density at radius 1 is 1.28 bits per heavy atom. The summed E-state index contributed by atoms with van der Waals surface area (Å²) in [4.78, 5) is 0. The molecule has 0 amide bonds. The maximum Gasteiger partial charge on any atom is 0.211 e. The molecule has 0 atom stereocenters. The molecule has 1 heterocycles. The maximum absolute atomic E-state index is 11.4.